The van der Waals surface area contributed by atoms with Gasteiger partial charge in [-0.2, -0.15) is 13.2 Å². The van der Waals surface area contributed by atoms with Gasteiger partial charge in [-0.15, -0.1) is 0 Å². The second-order valence-corrected chi connectivity index (χ2v) is 20.7. The van der Waals surface area contributed by atoms with Crippen LogP contribution in [0.5, 0.6) is 5.75 Å². The molecule has 3 aliphatic heterocycles. The molecule has 0 bridgehead atoms. The lowest BCUT2D eigenvalue weighted by atomic mass is 9.96. The molecule has 3 aromatic heterocycles. The first-order chi connectivity index (χ1) is 38.1. The van der Waals surface area contributed by atoms with Crippen molar-refractivity contribution in [3.05, 3.63) is 189 Å². The third-order valence-electron chi connectivity index (χ3n) is 14.2. The van der Waals surface area contributed by atoms with E-state index in [0.717, 1.165) is 50.1 Å². The zero-order valence-corrected chi connectivity index (χ0v) is 45.0. The van der Waals surface area contributed by atoms with Crippen LogP contribution >= 0.6 is 34.8 Å². The van der Waals surface area contributed by atoms with E-state index in [9.17, 15) is 31.9 Å². The van der Waals surface area contributed by atoms with Crippen LogP contribution in [0, 0.1) is 23.6 Å². The molecule has 0 saturated carbocycles. The summed E-state index contributed by atoms with van der Waals surface area (Å²) in [6.45, 7) is 2.71. The molecule has 20 heteroatoms. The molecule has 0 radical (unpaired) electrons. The molecule has 0 spiro atoms. The summed E-state index contributed by atoms with van der Waals surface area (Å²) in [6.07, 6.45) is 3.85. The summed E-state index contributed by atoms with van der Waals surface area (Å²) in [5.41, 5.74) is 5.14. The van der Waals surface area contributed by atoms with E-state index in [4.69, 9.17) is 53.1 Å². The normalized spacial score (nSPS) is 17.2. The summed E-state index contributed by atoms with van der Waals surface area (Å²) in [4.78, 5) is 43.6. The van der Waals surface area contributed by atoms with Gasteiger partial charge in [0.2, 0.25) is 0 Å². The van der Waals surface area contributed by atoms with Crippen LogP contribution in [0.3, 0.4) is 0 Å². The molecule has 3 fully saturated rings. The molecule has 3 unspecified atom stereocenters. The van der Waals surface area contributed by atoms with Crippen molar-refractivity contribution in [3.8, 4) is 39.7 Å². The zero-order chi connectivity index (χ0) is 55.6. The molecule has 410 valence electrons. The Morgan fingerprint density at radius 1 is 0.544 bits per heavy atom. The Kier molecular flexibility index (Phi) is 18.2. The molecule has 8 aromatic rings. The van der Waals surface area contributed by atoms with E-state index in [1.807, 2.05) is 52.3 Å². The second kappa shape index (κ2) is 25.5. The summed E-state index contributed by atoms with van der Waals surface area (Å²) in [6, 6.07) is 35.9. The smallest absolute Gasteiger partial charge is 0.393 e. The minimum Gasteiger partial charge on any atom is -0.497 e. The van der Waals surface area contributed by atoms with Crippen molar-refractivity contribution >= 4 is 52.5 Å². The Bertz CT molecular complexity index is 3370. The number of hydrogen-bond donors (Lipinski definition) is 0. The van der Waals surface area contributed by atoms with Gasteiger partial charge >= 0.3 is 6.18 Å². The average molecular weight is 1140 g/mol. The number of amides is 3. The largest absolute Gasteiger partial charge is 0.497 e. The number of alkyl halides is 3. The van der Waals surface area contributed by atoms with Crippen molar-refractivity contribution in [1.29, 1.82) is 0 Å². The Morgan fingerprint density at radius 3 is 1.30 bits per heavy atom. The maximum Gasteiger partial charge on any atom is 0.393 e. The quantitative estimate of drug-likeness (QED) is 0.115. The number of rotatable bonds is 11. The monoisotopic (exact) mass is 1140 g/mol. The molecule has 0 N–H and O–H groups in total. The summed E-state index contributed by atoms with van der Waals surface area (Å²) >= 11 is 18.6. The summed E-state index contributed by atoms with van der Waals surface area (Å²) in [5.74, 6) is 0.193. The number of ether oxygens (including phenoxy) is 1. The predicted octanol–water partition coefficient (Wildman–Crippen LogP) is 14.0. The Labute approximate surface area is 467 Å². The number of carbonyl (C=O) groups excluding carboxylic acids is 3. The van der Waals surface area contributed by atoms with E-state index in [0.29, 0.717) is 85.8 Å². The molecule has 79 heavy (non-hydrogen) atoms. The number of piperidine rings is 1. The van der Waals surface area contributed by atoms with Gasteiger partial charge in [-0.25, -0.2) is 4.39 Å². The molecular weight excluding hydrogens is 1090 g/mol. The van der Waals surface area contributed by atoms with Gasteiger partial charge < -0.3 is 33.0 Å². The topological polar surface area (TPSA) is 148 Å². The maximum atomic E-state index is 13.1. The van der Waals surface area contributed by atoms with Crippen LogP contribution in [0.4, 0.5) is 17.6 Å². The van der Waals surface area contributed by atoms with E-state index >= 15 is 0 Å². The van der Waals surface area contributed by atoms with Gasteiger partial charge in [-0.3, -0.25) is 14.4 Å². The van der Waals surface area contributed by atoms with Crippen LogP contribution in [0.2, 0.25) is 15.1 Å². The third kappa shape index (κ3) is 13.7. The van der Waals surface area contributed by atoms with E-state index < -0.39 is 18.0 Å². The van der Waals surface area contributed by atoms with Gasteiger partial charge in [0, 0.05) is 56.0 Å². The van der Waals surface area contributed by atoms with Crippen LogP contribution < -0.4 is 4.74 Å². The predicted molar refractivity (Wildman–Crippen MR) is 290 cm³/mol. The lowest BCUT2D eigenvalue weighted by Gasteiger charge is -2.33. The van der Waals surface area contributed by atoms with Crippen molar-refractivity contribution in [2.45, 2.75) is 44.7 Å². The first-order valence-electron chi connectivity index (χ1n) is 25.6. The van der Waals surface area contributed by atoms with Gasteiger partial charge in [0.05, 0.1) is 46.7 Å². The van der Waals surface area contributed by atoms with Crippen LogP contribution in [-0.2, 0) is 12.8 Å². The van der Waals surface area contributed by atoms with Crippen LogP contribution in [0.25, 0.3) is 34.0 Å². The molecule has 11 rings (SSSR count). The minimum absolute atomic E-state index is 0.0360. The Morgan fingerprint density at radius 2 is 0.924 bits per heavy atom. The molecule has 3 amide bonds. The minimum atomic E-state index is -4.31. The fourth-order valence-corrected chi connectivity index (χ4v) is 10.7. The highest BCUT2D eigenvalue weighted by Crippen LogP contribution is 2.37. The Balaban J connectivity index is 0.000000144. The fourth-order valence-electron chi connectivity index (χ4n) is 10.1. The van der Waals surface area contributed by atoms with Gasteiger partial charge in [-0.1, -0.05) is 111 Å². The van der Waals surface area contributed by atoms with Gasteiger partial charge in [0.15, 0.2) is 17.3 Å². The summed E-state index contributed by atoms with van der Waals surface area (Å²) < 4.78 is 72.9. The molecule has 6 heterocycles. The number of likely N-dealkylation sites (tertiary alicyclic amines) is 3. The summed E-state index contributed by atoms with van der Waals surface area (Å²) in [5, 5.41) is 12.7. The molecule has 3 saturated heterocycles. The van der Waals surface area contributed by atoms with Gasteiger partial charge in [0.1, 0.15) is 28.3 Å². The number of nitrogens with zero attached hydrogens (tertiary/aromatic N) is 6. The van der Waals surface area contributed by atoms with Crippen molar-refractivity contribution in [2.24, 2.45) is 17.8 Å². The molecular formula is C59H53Cl3F4N6O7. The number of halogens is 7. The first kappa shape index (κ1) is 56.3. The van der Waals surface area contributed by atoms with Gasteiger partial charge in [0.25, 0.3) is 17.7 Å². The number of carbonyl (C=O) groups is 3. The van der Waals surface area contributed by atoms with Crippen molar-refractivity contribution < 1.29 is 50.3 Å². The first-order valence-corrected chi connectivity index (χ1v) is 26.7. The van der Waals surface area contributed by atoms with E-state index in [2.05, 4.69) is 27.6 Å². The fraction of sp³-hybridized carbons (Fsp3) is 0.288. The van der Waals surface area contributed by atoms with Crippen molar-refractivity contribution in [1.82, 2.24) is 30.2 Å². The van der Waals surface area contributed by atoms with E-state index in [1.165, 1.54) is 41.2 Å². The van der Waals surface area contributed by atoms with Crippen LogP contribution in [-0.4, -0.2) is 100 Å². The highest BCUT2D eigenvalue weighted by molar-refractivity contribution is 6.34. The average Bonchev–Trinajstić information content (AvgIpc) is 4.42. The number of hydrogen-bond acceptors (Lipinski definition) is 10. The second-order valence-electron chi connectivity index (χ2n) is 19.5. The molecule has 0 aliphatic carbocycles. The zero-order valence-electron chi connectivity index (χ0n) is 42.7. The molecule has 13 nitrogen and oxygen atoms in total. The van der Waals surface area contributed by atoms with Crippen LogP contribution in [0.1, 0.15) is 67.9 Å². The third-order valence-corrected chi connectivity index (χ3v) is 15.2. The maximum absolute atomic E-state index is 13.1. The standard InChI is InChI=1S/C22H21ClN2O3.C21H18ClFN2O2.C16H14ClF3N2O2/c1-27-17-8-6-15(7-9-17)12-16-10-11-25(14-16)22(26)19-13-24-28-21(19)18-4-2-3-5-20(18)23;22-19-4-2-1-3-17(19)20-18(12-24-27-20)21(26)25-10-9-15(13-25)11-14-5-7-16(23)8-6-14;17-13-6-2-1-5-11(13)14-12(8-21-24-14)15(23)22-7-3-4-10(9-22)16(18,19)20/h2-9,13,16H,10-12,14H2,1H3;1-8,12,15H,9-11,13H2;1-2,5-6,8,10H,3-4,7,9H2. The van der Waals surface area contributed by atoms with E-state index in [-0.39, 0.29) is 48.5 Å². The molecule has 5 aromatic carbocycles. The van der Waals surface area contributed by atoms with Crippen molar-refractivity contribution in [2.75, 3.05) is 46.4 Å². The Hall–Kier alpha value is -7.47. The number of methoxy groups -OCH3 is 1. The number of aromatic nitrogens is 3. The molecule has 3 aliphatic rings. The lowest BCUT2D eigenvalue weighted by Crippen LogP contribution is -2.44. The highest BCUT2D eigenvalue weighted by Gasteiger charge is 2.43. The number of benzene rings is 5. The van der Waals surface area contributed by atoms with Crippen LogP contribution in [0.15, 0.2) is 153 Å². The van der Waals surface area contributed by atoms with E-state index in [1.54, 1.807) is 61.7 Å². The highest BCUT2D eigenvalue weighted by atomic mass is 35.5. The lowest BCUT2D eigenvalue weighted by molar-refractivity contribution is -0.184. The van der Waals surface area contributed by atoms with Gasteiger partial charge in [-0.05, 0) is 122 Å². The van der Waals surface area contributed by atoms with Crippen molar-refractivity contribution in [3.63, 3.8) is 0 Å². The molecule has 3 atom stereocenters. The SMILES string of the molecule is COc1ccc(CC2CCN(C(=O)c3cnoc3-c3ccccc3Cl)C2)cc1.O=C(c1cnoc1-c1ccccc1Cl)N1CCC(Cc2ccc(F)cc2)C1.O=C(c1cnoc1-c1ccccc1Cl)N1CCCC(C(F)(F)F)C1. The summed E-state index contributed by atoms with van der Waals surface area (Å²) in [7, 11) is 1.66.